The van der Waals surface area contributed by atoms with E-state index in [1.807, 2.05) is 43.4 Å². The molecular weight excluding hydrogens is 246 g/mol. The molecule has 3 rings (SSSR count). The molecule has 0 unspecified atom stereocenters. The van der Waals surface area contributed by atoms with E-state index in [1.54, 1.807) is 6.20 Å². The van der Waals surface area contributed by atoms with Crippen LogP contribution in [-0.2, 0) is 12.9 Å². The van der Waals surface area contributed by atoms with Crippen molar-refractivity contribution in [3.05, 3.63) is 48.2 Å². The van der Waals surface area contributed by atoms with Crippen LogP contribution in [0.25, 0.3) is 22.6 Å². The Morgan fingerprint density at radius 3 is 2.61 bits per heavy atom. The Morgan fingerprint density at radius 1 is 1.17 bits per heavy atom. The molecule has 0 aliphatic rings. The molecule has 3 aromatic rings. The van der Waals surface area contributed by atoms with Crippen molar-refractivity contribution in [2.75, 3.05) is 0 Å². The third kappa shape index (κ3) is 1.77. The van der Waals surface area contributed by atoms with Crippen LogP contribution < -0.4 is 0 Å². The number of hydrogen-bond acceptors (Lipinski definition) is 2. The molecule has 0 fully saturated rings. The van der Waals surface area contributed by atoms with Gasteiger partial charge in [0.05, 0.1) is 5.52 Å². The third-order valence-corrected chi connectivity index (χ3v) is 3.33. The van der Waals surface area contributed by atoms with Crippen LogP contribution in [-0.4, -0.2) is 14.5 Å². The van der Waals surface area contributed by atoms with Crippen molar-refractivity contribution >= 4 is 22.8 Å². The summed E-state index contributed by atoms with van der Waals surface area (Å²) in [6.07, 6.45) is 1.76. The molecule has 3 nitrogen and oxygen atoms in total. The second-order valence-corrected chi connectivity index (χ2v) is 4.44. The number of hydrogen-bond donors (Lipinski definition) is 0. The van der Waals surface area contributed by atoms with Gasteiger partial charge in [-0.25, -0.2) is 9.97 Å². The number of alkyl halides is 1. The third-order valence-electron chi connectivity index (χ3n) is 3.02. The Bertz CT molecular complexity index is 686. The van der Waals surface area contributed by atoms with Gasteiger partial charge in [-0.1, -0.05) is 24.3 Å². The molecule has 2 aromatic heterocycles. The minimum Gasteiger partial charge on any atom is -0.326 e. The quantitative estimate of drug-likeness (QED) is 0.659. The molecule has 0 aliphatic heterocycles. The molecule has 0 radical (unpaired) electrons. The maximum Gasteiger partial charge on any atom is 0.178 e. The van der Waals surface area contributed by atoms with E-state index >= 15 is 0 Å². The monoisotopic (exact) mass is 257 g/mol. The average molecular weight is 258 g/mol. The number of aromatic nitrogens is 3. The average Bonchev–Trinajstić information content (AvgIpc) is 2.77. The number of fused-ring (bicyclic) bond motifs is 1. The van der Waals surface area contributed by atoms with Crippen LogP contribution in [0.15, 0.2) is 42.6 Å². The summed E-state index contributed by atoms with van der Waals surface area (Å²) in [6.45, 7) is 0. The molecule has 0 saturated heterocycles. The number of halogens is 1. The Kier molecular flexibility index (Phi) is 2.76. The lowest BCUT2D eigenvalue weighted by Gasteiger charge is -2.03. The first-order chi connectivity index (χ1) is 8.79. The van der Waals surface area contributed by atoms with Gasteiger partial charge < -0.3 is 4.57 Å². The van der Waals surface area contributed by atoms with Gasteiger partial charge in [0.1, 0.15) is 5.82 Å². The highest BCUT2D eigenvalue weighted by Gasteiger charge is 2.09. The van der Waals surface area contributed by atoms with Gasteiger partial charge in [0, 0.05) is 24.7 Å². The molecule has 0 saturated carbocycles. The van der Waals surface area contributed by atoms with Crippen LogP contribution >= 0.6 is 11.6 Å². The van der Waals surface area contributed by atoms with E-state index in [2.05, 4.69) is 14.5 Å². The van der Waals surface area contributed by atoms with Crippen LogP contribution in [0.3, 0.4) is 0 Å². The number of imidazole rings is 1. The topological polar surface area (TPSA) is 30.7 Å². The standard InChI is InChI=1S/C14H12ClN3/c1-18-12-3-2-8-16-13(12)17-14(18)11-6-4-10(9-15)5-7-11/h2-8H,9H2,1H3. The molecule has 0 aliphatic carbocycles. The van der Waals surface area contributed by atoms with Gasteiger partial charge in [-0.15, -0.1) is 11.6 Å². The van der Waals surface area contributed by atoms with Gasteiger partial charge in [0.25, 0.3) is 0 Å². The van der Waals surface area contributed by atoms with Gasteiger partial charge >= 0.3 is 0 Å². The summed E-state index contributed by atoms with van der Waals surface area (Å²) >= 11 is 5.79. The van der Waals surface area contributed by atoms with E-state index in [9.17, 15) is 0 Å². The Morgan fingerprint density at radius 2 is 1.94 bits per heavy atom. The first-order valence-corrected chi connectivity index (χ1v) is 6.26. The SMILES string of the molecule is Cn1c(-c2ccc(CCl)cc2)nc2ncccc21. The first kappa shape index (κ1) is 11.2. The van der Waals surface area contributed by atoms with Crippen molar-refractivity contribution in [1.29, 1.82) is 0 Å². The van der Waals surface area contributed by atoms with Gasteiger partial charge in [-0.05, 0) is 17.7 Å². The molecule has 0 atom stereocenters. The van der Waals surface area contributed by atoms with Crippen molar-refractivity contribution in [2.24, 2.45) is 7.05 Å². The van der Waals surface area contributed by atoms with Crippen LogP contribution in [0, 0.1) is 0 Å². The van der Waals surface area contributed by atoms with Crippen molar-refractivity contribution in [2.45, 2.75) is 5.88 Å². The zero-order valence-electron chi connectivity index (χ0n) is 9.97. The molecule has 1 aromatic carbocycles. The summed E-state index contributed by atoms with van der Waals surface area (Å²) < 4.78 is 2.05. The molecule has 0 amide bonds. The highest BCUT2D eigenvalue weighted by Crippen LogP contribution is 2.22. The number of pyridine rings is 1. The molecule has 0 bridgehead atoms. The zero-order chi connectivity index (χ0) is 12.5. The van der Waals surface area contributed by atoms with Crippen molar-refractivity contribution < 1.29 is 0 Å². The highest BCUT2D eigenvalue weighted by atomic mass is 35.5. The van der Waals surface area contributed by atoms with E-state index in [4.69, 9.17) is 11.6 Å². The summed E-state index contributed by atoms with van der Waals surface area (Å²) in [5.41, 5.74) is 3.99. The number of aryl methyl sites for hydroxylation is 1. The smallest absolute Gasteiger partial charge is 0.178 e. The van der Waals surface area contributed by atoms with E-state index in [-0.39, 0.29) is 0 Å². The van der Waals surface area contributed by atoms with Crippen molar-refractivity contribution in [1.82, 2.24) is 14.5 Å². The lowest BCUT2D eigenvalue weighted by atomic mass is 10.1. The molecule has 18 heavy (non-hydrogen) atoms. The van der Waals surface area contributed by atoms with Gasteiger partial charge in [0.2, 0.25) is 0 Å². The molecular formula is C14H12ClN3. The molecule has 0 spiro atoms. The van der Waals surface area contributed by atoms with Gasteiger partial charge in [-0.3, -0.25) is 0 Å². The second-order valence-electron chi connectivity index (χ2n) is 4.17. The van der Waals surface area contributed by atoms with E-state index in [0.29, 0.717) is 5.88 Å². The molecule has 0 N–H and O–H groups in total. The lowest BCUT2D eigenvalue weighted by molar-refractivity contribution is 0.959. The van der Waals surface area contributed by atoms with Crippen LogP contribution in [0.5, 0.6) is 0 Å². The maximum atomic E-state index is 5.79. The Labute approximate surface area is 110 Å². The highest BCUT2D eigenvalue weighted by molar-refractivity contribution is 6.17. The summed E-state index contributed by atoms with van der Waals surface area (Å²) in [5, 5.41) is 0. The van der Waals surface area contributed by atoms with Gasteiger partial charge in [0.15, 0.2) is 5.65 Å². The van der Waals surface area contributed by atoms with Crippen LogP contribution in [0.4, 0.5) is 0 Å². The minimum atomic E-state index is 0.532. The van der Waals surface area contributed by atoms with Crippen molar-refractivity contribution in [3.8, 4) is 11.4 Å². The summed E-state index contributed by atoms with van der Waals surface area (Å²) in [4.78, 5) is 8.83. The zero-order valence-corrected chi connectivity index (χ0v) is 10.7. The molecule has 4 heteroatoms. The van der Waals surface area contributed by atoms with E-state index in [1.165, 1.54) is 0 Å². The lowest BCUT2D eigenvalue weighted by Crippen LogP contribution is -1.92. The van der Waals surface area contributed by atoms with E-state index < -0.39 is 0 Å². The maximum absolute atomic E-state index is 5.79. The summed E-state index contributed by atoms with van der Waals surface area (Å²) in [5.74, 6) is 1.45. The Hall–Kier alpha value is -1.87. The number of rotatable bonds is 2. The predicted molar refractivity (Wildman–Crippen MR) is 73.5 cm³/mol. The fourth-order valence-electron chi connectivity index (χ4n) is 2.03. The predicted octanol–water partition coefficient (Wildman–Crippen LogP) is 3.37. The van der Waals surface area contributed by atoms with Gasteiger partial charge in [-0.2, -0.15) is 0 Å². The van der Waals surface area contributed by atoms with Crippen LogP contribution in [0.1, 0.15) is 5.56 Å². The fourth-order valence-corrected chi connectivity index (χ4v) is 2.21. The number of benzene rings is 1. The summed E-state index contributed by atoms with van der Waals surface area (Å²) in [6, 6.07) is 12.1. The van der Waals surface area contributed by atoms with E-state index in [0.717, 1.165) is 28.1 Å². The minimum absolute atomic E-state index is 0.532. The second kappa shape index (κ2) is 4.42. The summed E-state index contributed by atoms with van der Waals surface area (Å²) in [7, 11) is 2.00. The normalized spacial score (nSPS) is 11.0. The molecule has 2 heterocycles. The molecule has 90 valence electrons. The van der Waals surface area contributed by atoms with Crippen molar-refractivity contribution in [3.63, 3.8) is 0 Å². The fraction of sp³-hybridized carbons (Fsp3) is 0.143. The first-order valence-electron chi connectivity index (χ1n) is 5.72. The number of nitrogens with zero attached hydrogens (tertiary/aromatic N) is 3. The Balaban J connectivity index is 2.15. The largest absolute Gasteiger partial charge is 0.326 e. The van der Waals surface area contributed by atoms with Crippen LogP contribution in [0.2, 0.25) is 0 Å².